The van der Waals surface area contributed by atoms with E-state index < -0.39 is 5.60 Å². The van der Waals surface area contributed by atoms with E-state index >= 15 is 0 Å². The molecular formula is C23H32N2O3S. The van der Waals surface area contributed by atoms with Crippen molar-refractivity contribution >= 4 is 29.9 Å². The highest BCUT2D eigenvalue weighted by atomic mass is 32.2. The van der Waals surface area contributed by atoms with E-state index in [0.29, 0.717) is 6.42 Å². The third-order valence-electron chi connectivity index (χ3n) is 6.40. The molecule has 29 heavy (non-hydrogen) atoms. The Bertz CT molecular complexity index is 761. The topological polar surface area (TPSA) is 67.8 Å². The van der Waals surface area contributed by atoms with Crippen molar-refractivity contribution in [3.63, 3.8) is 0 Å². The van der Waals surface area contributed by atoms with Gasteiger partial charge in [-0.05, 0) is 58.4 Å². The molecule has 6 heteroatoms. The summed E-state index contributed by atoms with van der Waals surface area (Å²) >= 11 is 1.65. The molecule has 0 aromatic carbocycles. The minimum atomic E-state index is -0.511. The standard InChI is InChI=1S/C23H32N2O3S/c1-22(2,3)28-21(27)18-13-17-16(20(26)25-15-9-5-4-6-10-15)14-24-19-11-7-8-12-23(17,19)29-18/h7-8,11,14-18H,4-6,9-10,12-13H2,1-3H3,(H,25,26). The number of amides is 1. The number of carbonyl (C=O) groups is 2. The second-order valence-electron chi connectivity index (χ2n) is 9.70. The van der Waals surface area contributed by atoms with Crippen molar-refractivity contribution in [2.75, 3.05) is 0 Å². The van der Waals surface area contributed by atoms with E-state index in [1.54, 1.807) is 11.8 Å². The van der Waals surface area contributed by atoms with Crippen molar-refractivity contribution in [2.24, 2.45) is 16.8 Å². The fourth-order valence-electron chi connectivity index (χ4n) is 5.07. The van der Waals surface area contributed by atoms with Gasteiger partial charge in [-0.15, -0.1) is 11.8 Å². The molecule has 2 aliphatic heterocycles. The monoisotopic (exact) mass is 416 g/mol. The maximum Gasteiger partial charge on any atom is 0.319 e. The van der Waals surface area contributed by atoms with Crippen molar-refractivity contribution in [2.45, 2.75) is 87.4 Å². The highest BCUT2D eigenvalue weighted by Crippen LogP contribution is 2.59. The van der Waals surface area contributed by atoms with E-state index in [9.17, 15) is 9.59 Å². The molecule has 1 amide bonds. The first kappa shape index (κ1) is 20.7. The number of rotatable bonds is 3. The molecule has 4 aliphatic rings. The zero-order valence-corrected chi connectivity index (χ0v) is 18.5. The molecule has 2 aliphatic carbocycles. The first-order valence-electron chi connectivity index (χ1n) is 10.9. The third kappa shape index (κ3) is 4.18. The number of ether oxygens (including phenoxy) is 1. The molecule has 0 bridgehead atoms. The van der Waals surface area contributed by atoms with Crippen LogP contribution in [0.4, 0.5) is 0 Å². The lowest BCUT2D eigenvalue weighted by Gasteiger charge is -2.41. The molecule has 158 valence electrons. The van der Waals surface area contributed by atoms with Crippen LogP contribution in [-0.4, -0.2) is 39.7 Å². The molecule has 0 aromatic rings. The summed E-state index contributed by atoms with van der Waals surface area (Å²) in [5.41, 5.74) is 0.477. The SMILES string of the molecule is CC(C)(C)OC(=O)C1CC2C(C(=O)NC3CCCCC3)C=NC3=CC=CCC32S1. The van der Waals surface area contributed by atoms with Crippen molar-refractivity contribution in [1.82, 2.24) is 5.32 Å². The lowest BCUT2D eigenvalue weighted by Crippen LogP contribution is -2.49. The van der Waals surface area contributed by atoms with E-state index in [-0.39, 0.29) is 39.8 Å². The summed E-state index contributed by atoms with van der Waals surface area (Å²) in [5, 5.41) is 3.02. The van der Waals surface area contributed by atoms with Gasteiger partial charge >= 0.3 is 5.97 Å². The normalized spacial score (nSPS) is 34.2. The number of allylic oxidation sites excluding steroid dienone is 3. The number of nitrogens with zero attached hydrogens (tertiary/aromatic N) is 1. The molecule has 1 spiro atoms. The molecule has 4 rings (SSSR count). The molecule has 1 saturated heterocycles. The summed E-state index contributed by atoms with van der Waals surface area (Å²) in [6.45, 7) is 5.69. The first-order chi connectivity index (χ1) is 13.8. The maximum atomic E-state index is 13.2. The second kappa shape index (κ2) is 7.93. The van der Waals surface area contributed by atoms with Crippen molar-refractivity contribution < 1.29 is 14.3 Å². The molecule has 1 saturated carbocycles. The molecule has 1 N–H and O–H groups in total. The molecule has 4 unspecified atom stereocenters. The van der Waals surface area contributed by atoms with Crippen LogP contribution in [0.3, 0.4) is 0 Å². The van der Waals surface area contributed by atoms with Gasteiger partial charge in [-0.25, -0.2) is 0 Å². The van der Waals surface area contributed by atoms with Crippen LogP contribution in [0, 0.1) is 11.8 Å². The van der Waals surface area contributed by atoms with E-state index in [4.69, 9.17) is 9.73 Å². The molecule has 0 radical (unpaired) electrons. The van der Waals surface area contributed by atoms with Crippen molar-refractivity contribution in [3.05, 3.63) is 23.9 Å². The molecular weight excluding hydrogens is 384 g/mol. The second-order valence-corrected chi connectivity index (χ2v) is 11.2. The predicted octanol–water partition coefficient (Wildman–Crippen LogP) is 4.18. The predicted molar refractivity (Wildman–Crippen MR) is 117 cm³/mol. The van der Waals surface area contributed by atoms with Crippen molar-refractivity contribution in [1.29, 1.82) is 0 Å². The van der Waals surface area contributed by atoms with Crippen LogP contribution < -0.4 is 5.32 Å². The summed E-state index contributed by atoms with van der Waals surface area (Å²) < 4.78 is 5.38. The minimum absolute atomic E-state index is 0.0577. The molecule has 5 nitrogen and oxygen atoms in total. The van der Waals surface area contributed by atoms with E-state index in [1.165, 1.54) is 19.3 Å². The van der Waals surface area contributed by atoms with Crippen LogP contribution in [-0.2, 0) is 14.3 Å². The van der Waals surface area contributed by atoms with Crippen LogP contribution in [0.15, 0.2) is 28.9 Å². The molecule has 4 atom stereocenters. The zero-order chi connectivity index (χ0) is 20.6. The summed E-state index contributed by atoms with van der Waals surface area (Å²) in [7, 11) is 0. The number of hydrogen-bond donors (Lipinski definition) is 1. The van der Waals surface area contributed by atoms with Gasteiger partial charge in [-0.2, -0.15) is 0 Å². The third-order valence-corrected chi connectivity index (χ3v) is 8.16. The number of nitrogens with one attached hydrogen (secondary N) is 1. The number of aliphatic imine (C=N–C) groups is 1. The Labute approximate surface area is 177 Å². The first-order valence-corrected chi connectivity index (χ1v) is 11.8. The Morgan fingerprint density at radius 2 is 2.00 bits per heavy atom. The lowest BCUT2D eigenvalue weighted by molar-refractivity contribution is -0.154. The van der Waals surface area contributed by atoms with Gasteiger partial charge < -0.3 is 10.1 Å². The Hall–Kier alpha value is -1.56. The van der Waals surface area contributed by atoms with Gasteiger partial charge in [0.2, 0.25) is 5.91 Å². The van der Waals surface area contributed by atoms with Crippen LogP contribution in [0.1, 0.15) is 65.7 Å². The highest BCUT2D eigenvalue weighted by molar-refractivity contribution is 8.02. The van der Waals surface area contributed by atoms with Crippen LogP contribution in [0.2, 0.25) is 0 Å². The van der Waals surface area contributed by atoms with Crippen LogP contribution >= 0.6 is 11.8 Å². The van der Waals surface area contributed by atoms with E-state index in [2.05, 4.69) is 11.4 Å². The smallest absolute Gasteiger partial charge is 0.319 e. The van der Waals surface area contributed by atoms with Crippen LogP contribution in [0.25, 0.3) is 0 Å². The zero-order valence-electron chi connectivity index (χ0n) is 17.6. The summed E-state index contributed by atoms with van der Waals surface area (Å²) in [6.07, 6.45) is 15.2. The Kier molecular flexibility index (Phi) is 5.66. The molecule has 0 aromatic heterocycles. The number of esters is 1. The number of carbonyl (C=O) groups excluding carboxylic acids is 2. The Balaban J connectivity index is 1.56. The van der Waals surface area contributed by atoms with E-state index in [0.717, 1.165) is 25.0 Å². The van der Waals surface area contributed by atoms with Gasteiger partial charge in [-0.1, -0.05) is 31.4 Å². The quantitative estimate of drug-likeness (QED) is 0.701. The molecule has 2 heterocycles. The van der Waals surface area contributed by atoms with Gasteiger partial charge in [0.15, 0.2) is 0 Å². The van der Waals surface area contributed by atoms with Gasteiger partial charge in [-0.3, -0.25) is 14.6 Å². The Morgan fingerprint density at radius 1 is 1.24 bits per heavy atom. The van der Waals surface area contributed by atoms with Gasteiger partial charge in [0.05, 0.1) is 16.4 Å². The summed E-state index contributed by atoms with van der Waals surface area (Å²) in [4.78, 5) is 30.8. The molecule has 2 fully saturated rings. The van der Waals surface area contributed by atoms with Gasteiger partial charge in [0, 0.05) is 12.3 Å². The van der Waals surface area contributed by atoms with Gasteiger partial charge in [0.1, 0.15) is 10.9 Å². The average molecular weight is 417 g/mol. The minimum Gasteiger partial charge on any atom is -0.459 e. The average Bonchev–Trinajstić information content (AvgIpc) is 3.06. The Morgan fingerprint density at radius 3 is 2.72 bits per heavy atom. The van der Waals surface area contributed by atoms with E-state index in [1.807, 2.05) is 39.1 Å². The number of thioether (sulfide) groups is 1. The fraction of sp³-hybridized carbons (Fsp3) is 0.696. The summed E-state index contributed by atoms with van der Waals surface area (Å²) in [6, 6.07) is 0.277. The maximum absolute atomic E-state index is 13.2. The highest BCUT2D eigenvalue weighted by Gasteiger charge is 2.58. The summed E-state index contributed by atoms with van der Waals surface area (Å²) in [5.74, 6) is -0.335. The van der Waals surface area contributed by atoms with Crippen LogP contribution in [0.5, 0.6) is 0 Å². The number of hydrogen-bond acceptors (Lipinski definition) is 5. The lowest BCUT2D eigenvalue weighted by atomic mass is 9.72. The van der Waals surface area contributed by atoms with Gasteiger partial charge in [0.25, 0.3) is 0 Å². The van der Waals surface area contributed by atoms with Crippen molar-refractivity contribution in [3.8, 4) is 0 Å². The largest absolute Gasteiger partial charge is 0.459 e. The fourth-order valence-corrected chi connectivity index (χ4v) is 6.88.